The summed E-state index contributed by atoms with van der Waals surface area (Å²) in [6, 6.07) is 12.9. The van der Waals surface area contributed by atoms with Gasteiger partial charge in [-0.05, 0) is 18.9 Å². The van der Waals surface area contributed by atoms with E-state index in [1.54, 1.807) is 0 Å². The van der Waals surface area contributed by atoms with Crippen LogP contribution in [0.4, 0.5) is 0 Å². The molecule has 4 rings (SSSR count). The zero-order valence-corrected chi connectivity index (χ0v) is 14.5. The van der Waals surface area contributed by atoms with Crippen molar-refractivity contribution in [2.45, 2.75) is 30.7 Å². The highest BCUT2D eigenvalue weighted by atomic mass is 32.2. The van der Waals surface area contributed by atoms with Gasteiger partial charge in [0, 0.05) is 11.2 Å². The number of thioether (sulfide) groups is 1. The minimum Gasteiger partial charge on any atom is -0.386 e. The maximum Gasteiger partial charge on any atom is 0.231 e. The van der Waals surface area contributed by atoms with Gasteiger partial charge in [-0.3, -0.25) is 0 Å². The Morgan fingerprint density at radius 3 is 2.50 bits per heavy atom. The highest BCUT2D eigenvalue weighted by Gasteiger charge is 3.00. The minimum absolute atomic E-state index is 0.239. The molecule has 122 valence electrons. The van der Waals surface area contributed by atoms with Crippen LogP contribution < -0.4 is 5.73 Å². The summed E-state index contributed by atoms with van der Waals surface area (Å²) in [7, 11) is 0. The zero-order valence-electron chi connectivity index (χ0n) is 13.7. The molecule has 2 fully saturated rings. The molecule has 1 aromatic carbocycles. The van der Waals surface area contributed by atoms with E-state index in [1.807, 2.05) is 38.1 Å². The van der Waals surface area contributed by atoms with Gasteiger partial charge in [0.2, 0.25) is 5.06 Å². The lowest BCUT2D eigenvalue weighted by Crippen LogP contribution is -2.39. The zero-order chi connectivity index (χ0) is 17.2. The third kappa shape index (κ3) is 1.21. The van der Waals surface area contributed by atoms with E-state index >= 15 is 0 Å². The lowest BCUT2D eigenvalue weighted by atomic mass is 9.81. The van der Waals surface area contributed by atoms with Gasteiger partial charge in [-0.25, -0.2) is 4.99 Å². The van der Waals surface area contributed by atoms with Crippen molar-refractivity contribution in [3.05, 3.63) is 35.4 Å². The Morgan fingerprint density at radius 1 is 1.29 bits per heavy atom. The number of rotatable bonds is 2. The van der Waals surface area contributed by atoms with Gasteiger partial charge < -0.3 is 10.5 Å². The Bertz CT molecular complexity index is 830. The number of hydrogen-bond donors (Lipinski definition) is 1. The van der Waals surface area contributed by atoms with Crippen molar-refractivity contribution in [1.29, 1.82) is 10.5 Å². The molecule has 1 saturated heterocycles. The first-order valence-electron chi connectivity index (χ1n) is 8.05. The van der Waals surface area contributed by atoms with Gasteiger partial charge in [-0.2, -0.15) is 10.5 Å². The molecular formula is C18H18N4OS. The molecular weight excluding hydrogens is 320 g/mol. The summed E-state index contributed by atoms with van der Waals surface area (Å²) in [5, 5.41) is 19.3. The lowest BCUT2D eigenvalue weighted by Gasteiger charge is -2.31. The fourth-order valence-corrected chi connectivity index (χ4v) is 6.41. The molecule has 4 atom stereocenters. The average Bonchev–Trinajstić information content (AvgIpc) is 2.81. The van der Waals surface area contributed by atoms with Crippen molar-refractivity contribution in [3.63, 3.8) is 0 Å². The minimum atomic E-state index is -1.13. The number of nitrogens with zero attached hydrogens (tertiary/aromatic N) is 3. The number of benzene rings is 1. The van der Waals surface area contributed by atoms with Crippen molar-refractivity contribution in [2.75, 3.05) is 12.4 Å². The predicted octanol–water partition coefficient (Wildman–Crippen LogP) is 2.46. The van der Waals surface area contributed by atoms with Crippen LogP contribution in [0.5, 0.6) is 0 Å². The second-order valence-electron chi connectivity index (χ2n) is 6.62. The van der Waals surface area contributed by atoms with Gasteiger partial charge >= 0.3 is 0 Å². The molecule has 0 amide bonds. The third-order valence-corrected chi connectivity index (χ3v) is 7.27. The predicted molar refractivity (Wildman–Crippen MR) is 92.0 cm³/mol. The SMILES string of the molecule is CC[C@]1(c2ccc(C)cc2)[C@]2(C#N)C(N)=N[C@@]3(OCCS3)[C@@]21C#N. The molecule has 1 aromatic rings. The number of fused-ring (bicyclic) bond motifs is 2. The number of ether oxygens (including phenoxy) is 1. The van der Waals surface area contributed by atoms with Crippen molar-refractivity contribution in [2.24, 2.45) is 21.6 Å². The molecule has 1 spiro atoms. The molecule has 2 aliphatic heterocycles. The Labute approximate surface area is 145 Å². The van der Waals surface area contributed by atoms with Gasteiger partial charge in [-0.1, -0.05) is 48.5 Å². The monoisotopic (exact) mass is 338 g/mol. The summed E-state index contributed by atoms with van der Waals surface area (Å²) in [5.41, 5.74) is 5.47. The highest BCUT2D eigenvalue weighted by molar-refractivity contribution is 8.00. The van der Waals surface area contributed by atoms with Gasteiger partial charge in [-0.15, -0.1) is 0 Å². The average molecular weight is 338 g/mol. The smallest absolute Gasteiger partial charge is 0.231 e. The fourth-order valence-electron chi connectivity index (χ4n) is 5.05. The number of aryl methyl sites for hydroxylation is 1. The van der Waals surface area contributed by atoms with E-state index in [4.69, 9.17) is 10.5 Å². The molecule has 2 N–H and O–H groups in total. The van der Waals surface area contributed by atoms with Gasteiger partial charge in [0.05, 0.1) is 18.7 Å². The number of aliphatic imine (C=N–C) groups is 1. The number of hydrogen-bond acceptors (Lipinski definition) is 6. The van der Waals surface area contributed by atoms with Crippen LogP contribution in [-0.4, -0.2) is 23.3 Å². The van der Waals surface area contributed by atoms with Crippen molar-refractivity contribution < 1.29 is 4.74 Å². The van der Waals surface area contributed by atoms with E-state index in [2.05, 4.69) is 17.1 Å². The molecule has 3 aliphatic rings. The molecule has 0 radical (unpaired) electrons. The first kappa shape index (κ1) is 15.5. The Balaban J connectivity index is 2.03. The van der Waals surface area contributed by atoms with Crippen molar-refractivity contribution >= 4 is 17.6 Å². The topological polar surface area (TPSA) is 95.2 Å². The molecule has 2 heterocycles. The van der Waals surface area contributed by atoms with E-state index in [0.29, 0.717) is 13.0 Å². The first-order chi connectivity index (χ1) is 11.5. The van der Waals surface area contributed by atoms with Crippen LogP contribution in [0.2, 0.25) is 0 Å². The molecule has 24 heavy (non-hydrogen) atoms. The largest absolute Gasteiger partial charge is 0.386 e. The van der Waals surface area contributed by atoms with E-state index in [0.717, 1.165) is 16.9 Å². The van der Waals surface area contributed by atoms with Crippen LogP contribution >= 0.6 is 11.8 Å². The molecule has 0 aromatic heterocycles. The third-order valence-electron chi connectivity index (χ3n) is 5.99. The summed E-state index contributed by atoms with van der Waals surface area (Å²) in [5.74, 6) is 0.985. The second-order valence-corrected chi connectivity index (χ2v) is 7.87. The summed E-state index contributed by atoms with van der Waals surface area (Å²) < 4.78 is 5.97. The van der Waals surface area contributed by atoms with E-state index < -0.39 is 21.3 Å². The fraction of sp³-hybridized carbons (Fsp3) is 0.500. The van der Waals surface area contributed by atoms with Gasteiger partial charge in [0.25, 0.3) is 0 Å². The molecule has 5 nitrogen and oxygen atoms in total. The number of amidine groups is 1. The Morgan fingerprint density at radius 2 is 2.00 bits per heavy atom. The second kappa shape index (κ2) is 4.53. The molecule has 1 saturated carbocycles. The number of nitrogens with two attached hydrogens (primary N) is 1. The van der Waals surface area contributed by atoms with Crippen LogP contribution in [0.1, 0.15) is 24.5 Å². The summed E-state index contributed by atoms with van der Waals surface area (Å²) in [6.45, 7) is 4.54. The highest BCUT2D eigenvalue weighted by Crippen LogP contribution is 2.88. The summed E-state index contributed by atoms with van der Waals surface area (Å²) >= 11 is 1.50. The van der Waals surface area contributed by atoms with Gasteiger partial charge in [0.1, 0.15) is 5.84 Å². The summed E-state index contributed by atoms with van der Waals surface area (Å²) in [4.78, 5) is 4.51. The van der Waals surface area contributed by atoms with E-state index in [9.17, 15) is 10.5 Å². The van der Waals surface area contributed by atoms with Crippen molar-refractivity contribution in [1.82, 2.24) is 0 Å². The molecule has 6 heteroatoms. The normalized spacial score (nSPS) is 42.2. The lowest BCUT2D eigenvalue weighted by molar-refractivity contribution is 0.0137. The van der Waals surface area contributed by atoms with Crippen LogP contribution in [0, 0.1) is 40.4 Å². The van der Waals surface area contributed by atoms with Crippen LogP contribution in [0.15, 0.2) is 29.3 Å². The van der Waals surface area contributed by atoms with Gasteiger partial charge in [0.15, 0.2) is 10.8 Å². The maximum atomic E-state index is 10.3. The first-order valence-corrected chi connectivity index (χ1v) is 9.04. The van der Waals surface area contributed by atoms with Crippen molar-refractivity contribution in [3.8, 4) is 12.1 Å². The molecule has 0 bridgehead atoms. The van der Waals surface area contributed by atoms with Crippen LogP contribution in [-0.2, 0) is 10.2 Å². The molecule has 0 unspecified atom stereocenters. The van der Waals surface area contributed by atoms with Crippen LogP contribution in [0.3, 0.4) is 0 Å². The summed E-state index contributed by atoms with van der Waals surface area (Å²) in [6.07, 6.45) is 0.624. The molecule has 1 aliphatic carbocycles. The number of nitriles is 2. The quantitative estimate of drug-likeness (QED) is 0.893. The Hall–Kier alpha value is -2.02. The van der Waals surface area contributed by atoms with Crippen LogP contribution in [0.25, 0.3) is 0 Å². The standard InChI is InChI=1S/C18H18N4OS/c1-3-15(13-6-4-12(2)5-7-13)16(10-19)14(21)22-18(17(15,16)11-20)23-8-9-24-18/h4-7H,3,8-9H2,1-2H3,(H2,21,22)/t15-,16-,17+,18+/m0/s1. The van der Waals surface area contributed by atoms with E-state index in [1.165, 1.54) is 11.8 Å². The van der Waals surface area contributed by atoms with E-state index in [-0.39, 0.29) is 5.84 Å². The Kier molecular flexibility index (Phi) is 2.93. The maximum absolute atomic E-state index is 10.3.